The standard InChI is InChI=1S/C48H52N4O8/c1-30-10-12-38-40(24-30)58-22-23-59-41-27-31(11-13-39(41)52(29-43(55)56)19-21-57-20-18-51(38)28-42(53)54)44-36-25-32-6-2-14-49-16-4-8-34(45(32)49)47(36)60-48-35-9-5-17-50-15-3-7-33(46(35)50)26-37(44)48/h10-13,24-27H,2-9,14-23,28-29H2,1H3,(H-,53,54,55,56)/p+1. The molecule has 4 aromatic rings. The van der Waals surface area contributed by atoms with E-state index in [1.54, 1.807) is 9.80 Å². The highest BCUT2D eigenvalue weighted by molar-refractivity contribution is 5.90. The topological polar surface area (TPSA) is 124 Å². The van der Waals surface area contributed by atoms with Crippen LogP contribution in [0.2, 0.25) is 0 Å². The van der Waals surface area contributed by atoms with Crippen molar-refractivity contribution in [1.29, 1.82) is 0 Å². The van der Waals surface area contributed by atoms with Crippen molar-refractivity contribution in [3.63, 3.8) is 0 Å². The normalized spacial score (nSPS) is 18.4. The van der Waals surface area contributed by atoms with Crippen molar-refractivity contribution in [3.8, 4) is 23.0 Å². The van der Waals surface area contributed by atoms with Gasteiger partial charge in [-0.2, -0.15) is 0 Å². The van der Waals surface area contributed by atoms with E-state index in [2.05, 4.69) is 33.7 Å². The third-order valence-corrected chi connectivity index (χ3v) is 13.0. The molecule has 312 valence electrons. The molecule has 0 atom stereocenters. The lowest BCUT2D eigenvalue weighted by molar-refractivity contribution is -0.136. The number of rotatable bonds is 5. The fourth-order valence-electron chi connectivity index (χ4n) is 10.5. The third-order valence-electron chi connectivity index (χ3n) is 13.0. The molecule has 12 heteroatoms. The van der Waals surface area contributed by atoms with E-state index in [-0.39, 0.29) is 39.5 Å². The van der Waals surface area contributed by atoms with E-state index in [1.807, 2.05) is 31.2 Å². The van der Waals surface area contributed by atoms with Gasteiger partial charge in [-0.15, -0.1) is 0 Å². The van der Waals surface area contributed by atoms with Crippen LogP contribution in [-0.4, -0.2) is 101 Å². The van der Waals surface area contributed by atoms with Crippen LogP contribution in [0.15, 0.2) is 48.5 Å². The molecule has 0 bridgehead atoms. The Hall–Kier alpha value is -5.75. The number of aliphatic carboxylic acids is 2. The lowest BCUT2D eigenvalue weighted by Gasteiger charge is -2.39. The van der Waals surface area contributed by atoms with Crippen LogP contribution in [-0.2, 0) is 40.0 Å². The minimum atomic E-state index is -0.966. The van der Waals surface area contributed by atoms with Crippen LogP contribution in [0.1, 0.15) is 64.6 Å². The van der Waals surface area contributed by atoms with Crippen molar-refractivity contribution in [2.75, 3.05) is 93.5 Å². The van der Waals surface area contributed by atoms with Gasteiger partial charge in [0.15, 0.2) is 0 Å². The first-order valence-corrected chi connectivity index (χ1v) is 21.8. The van der Waals surface area contributed by atoms with Crippen molar-refractivity contribution < 1.29 is 38.7 Å². The van der Waals surface area contributed by atoms with Gasteiger partial charge in [0, 0.05) is 72.2 Å². The van der Waals surface area contributed by atoms with E-state index in [1.165, 1.54) is 33.3 Å². The maximum Gasteiger partial charge on any atom is 0.323 e. The fraction of sp³-hybridized carbons (Fsp3) is 0.438. The molecule has 60 heavy (non-hydrogen) atoms. The summed E-state index contributed by atoms with van der Waals surface area (Å²) in [5.41, 5.74) is 12.3. The molecule has 10 rings (SSSR count). The first kappa shape index (κ1) is 38.5. The Morgan fingerprint density at radius 1 is 0.683 bits per heavy atom. The number of carboxylic acid groups (broad SMARTS) is 2. The SMILES string of the molecule is Cc1ccc2c(c1)OCCOc1cc(C3=c4cc5c6c(c4Oc4c3cc3c7c4CCCN7CCC3)CCC[N+]=6CCC5)ccc1N(CC(=O)O)CCOCCN2CC(=O)O. The highest BCUT2D eigenvalue weighted by Gasteiger charge is 2.36. The Morgan fingerprint density at radius 2 is 1.33 bits per heavy atom. The lowest BCUT2D eigenvalue weighted by atomic mass is 9.82. The van der Waals surface area contributed by atoms with Gasteiger partial charge in [-0.25, -0.2) is 4.58 Å². The molecule has 2 N–H and O–H groups in total. The van der Waals surface area contributed by atoms with Gasteiger partial charge in [0.1, 0.15) is 62.4 Å². The number of hydrogen-bond acceptors (Lipinski definition) is 9. The quantitative estimate of drug-likeness (QED) is 0.240. The number of nitrogens with zero attached hydrogens (tertiary/aromatic N) is 4. The van der Waals surface area contributed by atoms with Crippen LogP contribution in [0.3, 0.4) is 0 Å². The van der Waals surface area contributed by atoms with E-state index in [0.29, 0.717) is 36.0 Å². The summed E-state index contributed by atoms with van der Waals surface area (Å²) in [6.45, 7) is 7.26. The molecular weight excluding hydrogens is 761 g/mol. The number of hydrogen-bond donors (Lipinski definition) is 2. The summed E-state index contributed by atoms with van der Waals surface area (Å²) in [5.74, 6) is 1.16. The Bertz CT molecular complexity index is 2530. The molecule has 0 saturated carbocycles. The second-order valence-electron chi connectivity index (χ2n) is 16.9. The van der Waals surface area contributed by atoms with Crippen molar-refractivity contribution in [2.24, 2.45) is 0 Å². The number of aryl methyl sites for hydroxylation is 3. The average molecular weight is 814 g/mol. The second-order valence-corrected chi connectivity index (χ2v) is 16.9. The van der Waals surface area contributed by atoms with Crippen molar-refractivity contribution in [2.45, 2.75) is 58.3 Å². The van der Waals surface area contributed by atoms with E-state index in [9.17, 15) is 19.8 Å². The summed E-state index contributed by atoms with van der Waals surface area (Å²) < 4.78 is 28.9. The molecule has 0 aromatic heterocycles. The average Bonchev–Trinajstić information content (AvgIpc) is 3.24. The summed E-state index contributed by atoms with van der Waals surface area (Å²) in [4.78, 5) is 30.4. The van der Waals surface area contributed by atoms with E-state index >= 15 is 0 Å². The van der Waals surface area contributed by atoms with Crippen molar-refractivity contribution in [1.82, 2.24) is 4.58 Å². The van der Waals surface area contributed by atoms with Gasteiger partial charge in [-0.3, -0.25) is 9.59 Å². The molecule has 6 aliphatic rings. The molecule has 6 heterocycles. The van der Waals surface area contributed by atoms with Crippen molar-refractivity contribution in [3.05, 3.63) is 98.1 Å². The second kappa shape index (κ2) is 16.0. The molecule has 0 unspecified atom stereocenters. The molecule has 6 aliphatic heterocycles. The van der Waals surface area contributed by atoms with E-state index in [4.69, 9.17) is 18.9 Å². The molecule has 0 aliphatic carbocycles. The highest BCUT2D eigenvalue weighted by atomic mass is 16.5. The van der Waals surface area contributed by atoms with E-state index in [0.717, 1.165) is 117 Å². The number of anilines is 3. The number of ether oxygens (including phenoxy) is 4. The fourth-order valence-corrected chi connectivity index (χ4v) is 10.5. The summed E-state index contributed by atoms with van der Waals surface area (Å²) >= 11 is 0. The van der Waals surface area contributed by atoms with Gasteiger partial charge in [-0.1, -0.05) is 12.1 Å². The smallest absolute Gasteiger partial charge is 0.323 e. The minimum Gasteiger partial charge on any atom is -0.488 e. The van der Waals surface area contributed by atoms with Crippen LogP contribution < -0.4 is 44.1 Å². The first-order chi connectivity index (χ1) is 29.3. The Kier molecular flexibility index (Phi) is 10.3. The first-order valence-electron chi connectivity index (χ1n) is 21.8. The largest absolute Gasteiger partial charge is 0.488 e. The van der Waals surface area contributed by atoms with Gasteiger partial charge in [-0.05, 0) is 98.5 Å². The molecule has 0 radical (unpaired) electrons. The highest BCUT2D eigenvalue weighted by Crippen LogP contribution is 2.49. The van der Waals surface area contributed by atoms with Gasteiger partial charge >= 0.3 is 11.9 Å². The van der Waals surface area contributed by atoms with Crippen LogP contribution in [0.5, 0.6) is 23.0 Å². The Balaban J connectivity index is 1.12. The van der Waals surface area contributed by atoms with Crippen LogP contribution in [0.4, 0.5) is 17.1 Å². The predicted molar refractivity (Wildman–Crippen MR) is 229 cm³/mol. The van der Waals surface area contributed by atoms with Crippen LogP contribution in [0.25, 0.3) is 5.57 Å². The van der Waals surface area contributed by atoms with E-state index < -0.39 is 11.9 Å². The zero-order chi connectivity index (χ0) is 40.9. The number of benzene rings is 4. The molecule has 0 spiro atoms. The Labute approximate surface area is 349 Å². The molecule has 0 saturated heterocycles. The maximum absolute atomic E-state index is 12.4. The maximum atomic E-state index is 12.4. The zero-order valence-corrected chi connectivity index (χ0v) is 34.4. The molecule has 0 fully saturated rings. The number of fused-ring (bicyclic) bond motifs is 6. The van der Waals surface area contributed by atoms with Gasteiger partial charge in [0.2, 0.25) is 5.36 Å². The van der Waals surface area contributed by atoms with Gasteiger partial charge in [0.25, 0.3) is 0 Å². The summed E-state index contributed by atoms with van der Waals surface area (Å²) in [6, 6.07) is 16.7. The molecule has 12 nitrogen and oxygen atoms in total. The number of carbonyl (C=O) groups is 2. The summed E-state index contributed by atoms with van der Waals surface area (Å²) in [5, 5.41) is 22.4. The summed E-state index contributed by atoms with van der Waals surface area (Å²) in [6.07, 6.45) is 8.48. The Morgan fingerprint density at radius 3 is 2.07 bits per heavy atom. The van der Waals surface area contributed by atoms with Gasteiger partial charge < -0.3 is 43.9 Å². The molecule has 0 amide bonds. The lowest BCUT2D eigenvalue weighted by Crippen LogP contribution is -2.45. The molecular formula is C48H53N4O8+. The minimum absolute atomic E-state index is 0.173. The van der Waals surface area contributed by atoms with Crippen LogP contribution >= 0.6 is 0 Å². The molecule has 4 aromatic carbocycles. The summed E-state index contributed by atoms with van der Waals surface area (Å²) in [7, 11) is 0. The van der Waals surface area contributed by atoms with Crippen molar-refractivity contribution >= 4 is 34.6 Å². The zero-order valence-electron chi connectivity index (χ0n) is 34.4. The number of carboxylic acids is 2. The van der Waals surface area contributed by atoms with Crippen LogP contribution in [0, 0.1) is 6.92 Å². The monoisotopic (exact) mass is 813 g/mol. The third kappa shape index (κ3) is 7.08. The predicted octanol–water partition coefficient (Wildman–Crippen LogP) is 4.70. The van der Waals surface area contributed by atoms with Gasteiger partial charge in [0.05, 0.1) is 30.2 Å².